The van der Waals surface area contributed by atoms with Crippen LogP contribution in [0.15, 0.2) is 0 Å². The molecule has 2 amide bonds. The van der Waals surface area contributed by atoms with Gasteiger partial charge in [-0.15, -0.1) is 0 Å². The number of nitrogens with zero attached hydrogens (tertiary/aromatic N) is 1. The number of unbranched alkanes of at least 4 members (excludes halogenated alkanes) is 4. The van der Waals surface area contributed by atoms with Crippen LogP contribution in [-0.2, 0) is 19.2 Å². The summed E-state index contributed by atoms with van der Waals surface area (Å²) in [5.74, 6) is -3.85. The molecule has 24 heavy (non-hydrogen) atoms. The molecule has 0 saturated heterocycles. The van der Waals surface area contributed by atoms with Crippen molar-refractivity contribution in [2.24, 2.45) is 5.73 Å². The lowest BCUT2D eigenvalue weighted by molar-refractivity contribution is -0.158. The molecular weight excluding hydrogens is 316 g/mol. The van der Waals surface area contributed by atoms with Gasteiger partial charge in [0, 0.05) is 12.8 Å². The Bertz CT molecular complexity index is 452. The maximum atomic E-state index is 12.3. The van der Waals surface area contributed by atoms with Crippen LogP contribution < -0.4 is 5.73 Å². The molecule has 0 aliphatic rings. The summed E-state index contributed by atoms with van der Waals surface area (Å²) >= 11 is 0. The van der Waals surface area contributed by atoms with Crippen molar-refractivity contribution in [3.8, 4) is 0 Å². The van der Waals surface area contributed by atoms with Crippen LogP contribution in [0, 0.1) is 0 Å². The maximum absolute atomic E-state index is 12.3. The van der Waals surface area contributed by atoms with E-state index >= 15 is 0 Å². The predicted molar refractivity (Wildman–Crippen MR) is 87.2 cm³/mol. The van der Waals surface area contributed by atoms with E-state index in [0.29, 0.717) is 11.3 Å². The molecule has 2 atom stereocenters. The number of carbonyl (C=O) groups is 4. The third kappa shape index (κ3) is 8.05. The number of nitrogens with two attached hydrogens (primary N) is 1. The van der Waals surface area contributed by atoms with Crippen LogP contribution in [0.2, 0.25) is 0 Å². The quantitative estimate of drug-likeness (QED) is 0.454. The molecule has 138 valence electrons. The first-order valence-corrected chi connectivity index (χ1v) is 8.28. The Morgan fingerprint density at radius 1 is 1.00 bits per heavy atom. The number of aliphatic carboxylic acids is 2. The van der Waals surface area contributed by atoms with Crippen molar-refractivity contribution < 1.29 is 29.4 Å². The second kappa shape index (κ2) is 11.6. The first-order chi connectivity index (χ1) is 11.2. The lowest BCUT2D eigenvalue weighted by Gasteiger charge is -2.27. The maximum Gasteiger partial charge on any atom is 0.326 e. The normalized spacial score (nSPS) is 13.1. The molecule has 0 fully saturated rings. The summed E-state index contributed by atoms with van der Waals surface area (Å²) in [5.41, 5.74) is 5.64. The fraction of sp³-hybridized carbons (Fsp3) is 0.750. The van der Waals surface area contributed by atoms with Gasteiger partial charge in [-0.3, -0.25) is 19.3 Å². The lowest BCUT2D eigenvalue weighted by atomic mass is 10.1. The lowest BCUT2D eigenvalue weighted by Crippen LogP contribution is -2.53. The van der Waals surface area contributed by atoms with Crippen LogP contribution in [0.25, 0.3) is 0 Å². The van der Waals surface area contributed by atoms with Gasteiger partial charge >= 0.3 is 11.9 Å². The summed E-state index contributed by atoms with van der Waals surface area (Å²) in [6, 6.07) is -2.55. The molecule has 0 bridgehead atoms. The molecule has 8 nitrogen and oxygen atoms in total. The fourth-order valence-electron chi connectivity index (χ4n) is 2.22. The minimum Gasteiger partial charge on any atom is -0.481 e. The Kier molecular flexibility index (Phi) is 10.6. The van der Waals surface area contributed by atoms with Gasteiger partial charge in [0.15, 0.2) is 0 Å². The van der Waals surface area contributed by atoms with E-state index in [1.807, 2.05) is 0 Å². The van der Waals surface area contributed by atoms with E-state index in [-0.39, 0.29) is 19.3 Å². The number of hydrogen-bond donors (Lipinski definition) is 3. The molecule has 0 aliphatic carbocycles. The molecule has 2 unspecified atom stereocenters. The van der Waals surface area contributed by atoms with E-state index in [4.69, 9.17) is 15.9 Å². The van der Waals surface area contributed by atoms with E-state index in [1.165, 1.54) is 6.92 Å². The minimum absolute atomic E-state index is 0.0682. The highest BCUT2D eigenvalue weighted by molar-refractivity contribution is 6.01. The summed E-state index contributed by atoms with van der Waals surface area (Å²) in [7, 11) is 0. The number of carbonyl (C=O) groups excluding carboxylic acids is 2. The number of carboxylic acids is 2. The van der Waals surface area contributed by atoms with Crippen LogP contribution in [0.5, 0.6) is 0 Å². The number of carboxylic acid groups (broad SMARTS) is 2. The summed E-state index contributed by atoms with van der Waals surface area (Å²) < 4.78 is 0. The first kappa shape index (κ1) is 22.0. The minimum atomic E-state index is -1.34. The van der Waals surface area contributed by atoms with E-state index < -0.39 is 35.8 Å². The van der Waals surface area contributed by atoms with Gasteiger partial charge < -0.3 is 15.9 Å². The van der Waals surface area contributed by atoms with Crippen LogP contribution in [0.3, 0.4) is 0 Å². The summed E-state index contributed by atoms with van der Waals surface area (Å²) in [5, 5.41) is 17.7. The summed E-state index contributed by atoms with van der Waals surface area (Å²) in [6.45, 7) is 3.30. The molecule has 0 aromatic rings. The molecule has 0 radical (unpaired) electrons. The number of hydrogen-bond acceptors (Lipinski definition) is 5. The molecule has 0 spiro atoms. The molecule has 8 heteroatoms. The van der Waals surface area contributed by atoms with Crippen molar-refractivity contribution in [2.75, 3.05) is 0 Å². The van der Waals surface area contributed by atoms with Crippen LogP contribution in [-0.4, -0.2) is 50.9 Å². The Morgan fingerprint density at radius 3 is 2.08 bits per heavy atom. The van der Waals surface area contributed by atoms with Gasteiger partial charge in [0.25, 0.3) is 0 Å². The first-order valence-electron chi connectivity index (χ1n) is 8.28. The monoisotopic (exact) mass is 344 g/mol. The molecule has 4 N–H and O–H groups in total. The second-order valence-corrected chi connectivity index (χ2v) is 5.82. The third-order valence-electron chi connectivity index (χ3n) is 3.73. The smallest absolute Gasteiger partial charge is 0.326 e. The van der Waals surface area contributed by atoms with E-state index in [2.05, 4.69) is 6.92 Å². The molecule has 0 aromatic carbocycles. The van der Waals surface area contributed by atoms with Crippen molar-refractivity contribution >= 4 is 23.8 Å². The highest BCUT2D eigenvalue weighted by Gasteiger charge is 2.33. The van der Waals surface area contributed by atoms with Crippen molar-refractivity contribution in [3.63, 3.8) is 0 Å². The van der Waals surface area contributed by atoms with Gasteiger partial charge in [0.05, 0.1) is 6.04 Å². The number of rotatable bonds is 12. The van der Waals surface area contributed by atoms with Crippen molar-refractivity contribution in [1.82, 2.24) is 4.90 Å². The zero-order valence-corrected chi connectivity index (χ0v) is 14.4. The van der Waals surface area contributed by atoms with Crippen molar-refractivity contribution in [2.45, 2.75) is 77.3 Å². The van der Waals surface area contributed by atoms with Gasteiger partial charge in [0.1, 0.15) is 6.04 Å². The van der Waals surface area contributed by atoms with Gasteiger partial charge in [-0.05, 0) is 19.8 Å². The largest absolute Gasteiger partial charge is 0.481 e. The third-order valence-corrected chi connectivity index (χ3v) is 3.73. The SMILES string of the molecule is CCCCCCCC(=O)N(C(=O)C(N)CCC(=O)O)C(C)C(=O)O. The van der Waals surface area contributed by atoms with E-state index in [9.17, 15) is 19.2 Å². The second-order valence-electron chi connectivity index (χ2n) is 5.82. The molecule has 0 aromatic heterocycles. The number of amides is 2. The zero-order valence-electron chi connectivity index (χ0n) is 14.4. The zero-order chi connectivity index (χ0) is 18.7. The van der Waals surface area contributed by atoms with Crippen LogP contribution in [0.1, 0.15) is 65.2 Å². The molecule has 0 saturated carbocycles. The molecular formula is C16H28N2O6. The topological polar surface area (TPSA) is 138 Å². The van der Waals surface area contributed by atoms with Crippen LogP contribution >= 0.6 is 0 Å². The fourth-order valence-corrected chi connectivity index (χ4v) is 2.22. The van der Waals surface area contributed by atoms with Crippen molar-refractivity contribution in [3.05, 3.63) is 0 Å². The van der Waals surface area contributed by atoms with Gasteiger partial charge in [0.2, 0.25) is 11.8 Å². The van der Waals surface area contributed by atoms with E-state index in [0.717, 1.165) is 25.7 Å². The van der Waals surface area contributed by atoms with Gasteiger partial charge in [-0.2, -0.15) is 0 Å². The predicted octanol–water partition coefficient (Wildman–Crippen LogP) is 1.37. The Balaban J connectivity index is 4.83. The van der Waals surface area contributed by atoms with E-state index in [1.54, 1.807) is 0 Å². The van der Waals surface area contributed by atoms with Gasteiger partial charge in [-0.25, -0.2) is 4.79 Å². The molecule has 0 heterocycles. The Hall–Kier alpha value is -1.96. The Labute approximate surface area is 142 Å². The van der Waals surface area contributed by atoms with Gasteiger partial charge in [-0.1, -0.05) is 32.6 Å². The number of imide groups is 1. The summed E-state index contributed by atoms with van der Waals surface area (Å²) in [4.78, 5) is 47.0. The molecule has 0 rings (SSSR count). The highest BCUT2D eigenvalue weighted by Crippen LogP contribution is 2.12. The van der Waals surface area contributed by atoms with Crippen LogP contribution in [0.4, 0.5) is 0 Å². The molecule has 0 aliphatic heterocycles. The Morgan fingerprint density at radius 2 is 1.58 bits per heavy atom. The average Bonchev–Trinajstić information content (AvgIpc) is 2.52. The standard InChI is InChI=1S/C16H28N2O6/c1-3-4-5-6-7-8-13(19)18(11(2)16(23)24)15(22)12(17)9-10-14(20)21/h11-12H,3-10,17H2,1-2H3,(H,20,21)(H,23,24). The summed E-state index contributed by atoms with van der Waals surface area (Å²) in [6.07, 6.45) is 4.08. The van der Waals surface area contributed by atoms with Crippen molar-refractivity contribution in [1.29, 1.82) is 0 Å². The highest BCUT2D eigenvalue weighted by atomic mass is 16.4. The average molecular weight is 344 g/mol.